The van der Waals surface area contributed by atoms with Gasteiger partial charge in [0.25, 0.3) is 11.8 Å². The number of amides is 2. The molecule has 0 bridgehead atoms. The molecule has 4 rings (SSSR count). The highest BCUT2D eigenvalue weighted by Crippen LogP contribution is 2.23. The minimum atomic E-state index is -0.216. The highest BCUT2D eigenvalue weighted by atomic mass is 16.2. The van der Waals surface area contributed by atoms with Crippen molar-refractivity contribution < 1.29 is 9.59 Å². The fourth-order valence-electron chi connectivity index (χ4n) is 3.88. The van der Waals surface area contributed by atoms with Crippen LogP contribution in [-0.4, -0.2) is 45.7 Å². The van der Waals surface area contributed by atoms with Crippen LogP contribution in [0.15, 0.2) is 54.7 Å². The Labute approximate surface area is 170 Å². The van der Waals surface area contributed by atoms with Crippen molar-refractivity contribution in [2.75, 3.05) is 24.5 Å². The van der Waals surface area contributed by atoms with Gasteiger partial charge >= 0.3 is 0 Å². The molecule has 3 heterocycles. The van der Waals surface area contributed by atoms with E-state index in [9.17, 15) is 9.59 Å². The molecule has 1 aliphatic heterocycles. The normalized spacial score (nSPS) is 14.9. The van der Waals surface area contributed by atoms with Crippen LogP contribution in [0.4, 0.5) is 5.69 Å². The van der Waals surface area contributed by atoms with Gasteiger partial charge in [-0.15, -0.1) is 0 Å². The van der Waals surface area contributed by atoms with Crippen LogP contribution in [0.1, 0.15) is 47.8 Å². The van der Waals surface area contributed by atoms with Gasteiger partial charge in [-0.05, 0) is 49.9 Å². The van der Waals surface area contributed by atoms with Crippen LogP contribution in [0.25, 0.3) is 5.52 Å². The molecular formula is C23H26N4O2. The number of piperidine rings is 1. The Morgan fingerprint density at radius 1 is 1.07 bits per heavy atom. The number of carbonyl (C=O) groups excluding carboxylic acids is 2. The predicted molar refractivity (Wildman–Crippen MR) is 113 cm³/mol. The smallest absolute Gasteiger partial charge is 0.294 e. The van der Waals surface area contributed by atoms with Crippen molar-refractivity contribution in [3.63, 3.8) is 0 Å². The van der Waals surface area contributed by atoms with Crippen molar-refractivity contribution in [1.29, 1.82) is 0 Å². The monoisotopic (exact) mass is 390 g/mol. The van der Waals surface area contributed by atoms with Gasteiger partial charge in [-0.25, -0.2) is 4.98 Å². The fourth-order valence-corrected chi connectivity index (χ4v) is 3.88. The van der Waals surface area contributed by atoms with Crippen LogP contribution in [0.5, 0.6) is 0 Å². The summed E-state index contributed by atoms with van der Waals surface area (Å²) < 4.78 is 1.73. The summed E-state index contributed by atoms with van der Waals surface area (Å²) in [5.41, 5.74) is 1.83. The first-order valence-electron chi connectivity index (χ1n) is 10.2. The Bertz CT molecular complexity index is 1020. The molecule has 1 aromatic carbocycles. The number of likely N-dealkylation sites (tertiary alicyclic amines) is 1. The maximum Gasteiger partial charge on any atom is 0.294 e. The Hall–Kier alpha value is -3.15. The summed E-state index contributed by atoms with van der Waals surface area (Å²) >= 11 is 0. The molecule has 0 unspecified atom stereocenters. The number of hydrogen-bond donors (Lipinski definition) is 0. The maximum absolute atomic E-state index is 13.4. The lowest BCUT2D eigenvalue weighted by atomic mass is 9.99. The van der Waals surface area contributed by atoms with Gasteiger partial charge in [0, 0.05) is 31.5 Å². The molecule has 29 heavy (non-hydrogen) atoms. The van der Waals surface area contributed by atoms with Crippen LogP contribution in [-0.2, 0) is 0 Å². The summed E-state index contributed by atoms with van der Waals surface area (Å²) in [5, 5.41) is 0. The maximum atomic E-state index is 13.4. The van der Waals surface area contributed by atoms with Gasteiger partial charge in [-0.2, -0.15) is 0 Å². The number of hydrogen-bond acceptors (Lipinski definition) is 3. The van der Waals surface area contributed by atoms with Gasteiger partial charge in [0.1, 0.15) is 0 Å². The molecule has 6 heteroatoms. The van der Waals surface area contributed by atoms with Gasteiger partial charge in [0.2, 0.25) is 5.82 Å². The first kappa shape index (κ1) is 19.2. The molecule has 6 nitrogen and oxygen atoms in total. The summed E-state index contributed by atoms with van der Waals surface area (Å²) in [6, 6.07) is 15.1. The summed E-state index contributed by atoms with van der Waals surface area (Å²) in [4.78, 5) is 34.7. The third-order valence-corrected chi connectivity index (χ3v) is 5.64. The van der Waals surface area contributed by atoms with E-state index >= 15 is 0 Å². The summed E-state index contributed by atoms with van der Waals surface area (Å²) in [6.45, 7) is 6.13. The number of para-hydroxylation sites is 1. The second-order valence-electron chi connectivity index (χ2n) is 7.60. The van der Waals surface area contributed by atoms with Gasteiger partial charge in [0.05, 0.1) is 5.52 Å². The van der Waals surface area contributed by atoms with Crippen molar-refractivity contribution >= 4 is 23.0 Å². The molecule has 0 N–H and O–H groups in total. The fraction of sp³-hybridized carbons (Fsp3) is 0.348. The zero-order valence-corrected chi connectivity index (χ0v) is 16.9. The van der Waals surface area contributed by atoms with Crippen molar-refractivity contribution in [3.8, 4) is 0 Å². The first-order chi connectivity index (χ1) is 14.1. The molecular weight excluding hydrogens is 364 g/mol. The van der Waals surface area contributed by atoms with E-state index in [0.29, 0.717) is 23.7 Å². The highest BCUT2D eigenvalue weighted by Gasteiger charge is 2.29. The number of imidazole rings is 1. The van der Waals surface area contributed by atoms with Gasteiger partial charge < -0.3 is 9.80 Å². The van der Waals surface area contributed by atoms with Gasteiger partial charge in [0.15, 0.2) is 5.69 Å². The Morgan fingerprint density at radius 3 is 2.45 bits per heavy atom. The van der Waals surface area contributed by atoms with E-state index in [1.807, 2.05) is 60.4 Å². The lowest BCUT2D eigenvalue weighted by molar-refractivity contribution is 0.0694. The Morgan fingerprint density at radius 2 is 1.76 bits per heavy atom. The van der Waals surface area contributed by atoms with E-state index in [-0.39, 0.29) is 17.6 Å². The van der Waals surface area contributed by atoms with E-state index in [1.54, 1.807) is 15.5 Å². The summed E-state index contributed by atoms with van der Waals surface area (Å²) in [7, 11) is 0. The lowest BCUT2D eigenvalue weighted by Crippen LogP contribution is -2.38. The SMILES string of the molecule is CCN(C(=O)c1nc(C(=O)N2CCC(C)CC2)c2ccccn12)c1ccccc1. The number of benzene rings is 1. The zero-order chi connectivity index (χ0) is 20.4. The van der Waals surface area contributed by atoms with Crippen LogP contribution < -0.4 is 4.90 Å². The summed E-state index contributed by atoms with van der Waals surface area (Å²) in [6.07, 6.45) is 3.80. The van der Waals surface area contributed by atoms with Crippen molar-refractivity contribution in [2.24, 2.45) is 5.92 Å². The first-order valence-corrected chi connectivity index (χ1v) is 10.2. The largest absolute Gasteiger partial charge is 0.337 e. The molecule has 0 saturated carbocycles. The number of fused-ring (bicyclic) bond motifs is 1. The van der Waals surface area contributed by atoms with E-state index in [1.165, 1.54) is 0 Å². The molecule has 0 aliphatic carbocycles. The number of pyridine rings is 1. The Balaban J connectivity index is 1.72. The Kier molecular flexibility index (Phi) is 5.34. The molecule has 1 aliphatic rings. The van der Waals surface area contributed by atoms with Crippen LogP contribution in [0, 0.1) is 5.92 Å². The molecule has 1 saturated heterocycles. The molecule has 1 fully saturated rings. The zero-order valence-electron chi connectivity index (χ0n) is 16.9. The van der Waals surface area contributed by atoms with E-state index in [2.05, 4.69) is 11.9 Å². The number of anilines is 1. The van der Waals surface area contributed by atoms with Gasteiger partial charge in [-0.3, -0.25) is 14.0 Å². The lowest BCUT2D eigenvalue weighted by Gasteiger charge is -2.29. The average molecular weight is 390 g/mol. The molecule has 0 spiro atoms. The van der Waals surface area contributed by atoms with Crippen molar-refractivity contribution in [3.05, 3.63) is 66.2 Å². The standard InChI is InChI=1S/C23H26N4O2/c1-3-26(18-9-5-4-6-10-18)23(29)21-24-20(19-11-7-8-14-27(19)21)22(28)25-15-12-17(2)13-16-25/h4-11,14,17H,3,12-13,15-16H2,1-2H3. The minimum Gasteiger partial charge on any atom is -0.337 e. The van der Waals surface area contributed by atoms with Crippen LogP contribution >= 0.6 is 0 Å². The molecule has 3 aromatic rings. The topological polar surface area (TPSA) is 57.9 Å². The predicted octanol–water partition coefficient (Wildman–Crippen LogP) is 3.87. The van der Waals surface area contributed by atoms with E-state index in [4.69, 9.17) is 0 Å². The molecule has 0 radical (unpaired) electrons. The van der Waals surface area contributed by atoms with Crippen molar-refractivity contribution in [2.45, 2.75) is 26.7 Å². The number of aromatic nitrogens is 2. The molecule has 0 atom stereocenters. The molecule has 150 valence electrons. The molecule has 2 aromatic heterocycles. The summed E-state index contributed by atoms with van der Waals surface area (Å²) in [5.74, 6) is 0.590. The third-order valence-electron chi connectivity index (χ3n) is 5.64. The molecule has 2 amide bonds. The third kappa shape index (κ3) is 3.62. The number of rotatable bonds is 4. The van der Waals surface area contributed by atoms with E-state index in [0.717, 1.165) is 31.6 Å². The second kappa shape index (κ2) is 8.07. The second-order valence-corrected chi connectivity index (χ2v) is 7.60. The minimum absolute atomic E-state index is 0.0950. The van der Waals surface area contributed by atoms with Crippen molar-refractivity contribution in [1.82, 2.24) is 14.3 Å². The number of nitrogens with zero attached hydrogens (tertiary/aromatic N) is 4. The average Bonchev–Trinajstić information content (AvgIpc) is 3.15. The number of carbonyl (C=O) groups is 2. The highest BCUT2D eigenvalue weighted by molar-refractivity contribution is 6.07. The van der Waals surface area contributed by atoms with E-state index < -0.39 is 0 Å². The van der Waals surface area contributed by atoms with Crippen LogP contribution in [0.2, 0.25) is 0 Å². The van der Waals surface area contributed by atoms with Crippen LogP contribution in [0.3, 0.4) is 0 Å². The van der Waals surface area contributed by atoms with Gasteiger partial charge in [-0.1, -0.05) is 31.2 Å². The quantitative estimate of drug-likeness (QED) is 0.679.